The molecule has 0 aliphatic heterocycles. The van der Waals surface area contributed by atoms with Gasteiger partial charge in [-0.25, -0.2) is 0 Å². The summed E-state index contributed by atoms with van der Waals surface area (Å²) in [4.78, 5) is 0. The molecular weight excluding hydrogens is 395 g/mol. The molecule has 1 atom stereocenters. The van der Waals surface area contributed by atoms with E-state index in [1.54, 1.807) is 0 Å². The molecule has 0 bridgehead atoms. The number of rotatable bonds is 8. The van der Waals surface area contributed by atoms with Gasteiger partial charge in [-0.3, -0.25) is 0 Å². The van der Waals surface area contributed by atoms with Gasteiger partial charge in [0, 0.05) is 6.42 Å². The molecule has 0 aliphatic carbocycles. The van der Waals surface area contributed by atoms with Gasteiger partial charge in [-0.15, -0.1) is 0 Å². The van der Waals surface area contributed by atoms with E-state index in [9.17, 15) is 57.1 Å². The van der Waals surface area contributed by atoms with Gasteiger partial charge in [-0.2, -0.15) is 57.1 Å². The Morgan fingerprint density at radius 2 is 1.00 bits per heavy atom. The summed E-state index contributed by atoms with van der Waals surface area (Å²) >= 11 is 0. The monoisotopic (exact) mass is 406 g/mol. The van der Waals surface area contributed by atoms with Gasteiger partial charge in [0.15, 0.2) is 0 Å². The van der Waals surface area contributed by atoms with Crippen LogP contribution >= 0.6 is 0 Å². The first-order chi connectivity index (χ1) is 10.7. The van der Waals surface area contributed by atoms with E-state index in [1.807, 2.05) is 0 Å². The van der Waals surface area contributed by atoms with E-state index >= 15 is 0 Å². The van der Waals surface area contributed by atoms with Gasteiger partial charge in [-0.1, -0.05) is 13.3 Å². The molecule has 0 saturated heterocycles. The van der Waals surface area contributed by atoms with Gasteiger partial charge in [0.25, 0.3) is 0 Å². The number of alkyl halides is 13. The summed E-state index contributed by atoms with van der Waals surface area (Å²) in [5.41, 5.74) is 0. The lowest BCUT2D eigenvalue weighted by atomic mass is 9.91. The normalized spacial score (nSPS) is 16.9. The summed E-state index contributed by atoms with van der Waals surface area (Å²) in [6.45, 7) is 1.23. The molecule has 0 aromatic carbocycles. The van der Waals surface area contributed by atoms with E-state index in [2.05, 4.69) is 0 Å². The average Bonchev–Trinajstić information content (AvgIpc) is 2.35. The van der Waals surface area contributed by atoms with Crippen molar-refractivity contribution in [1.82, 2.24) is 0 Å². The minimum absolute atomic E-state index is 0.137. The van der Waals surface area contributed by atoms with E-state index < -0.39 is 54.7 Å². The van der Waals surface area contributed by atoms with Crippen LogP contribution in [0.5, 0.6) is 0 Å². The molecule has 0 spiro atoms. The summed E-state index contributed by atoms with van der Waals surface area (Å²) in [5, 5.41) is 8.93. The maximum atomic E-state index is 13.2. The third kappa shape index (κ3) is 3.77. The first-order valence-corrected chi connectivity index (χ1v) is 6.34. The minimum atomic E-state index is -7.90. The summed E-state index contributed by atoms with van der Waals surface area (Å²) < 4.78 is 165. The second kappa shape index (κ2) is 6.65. The Bertz CT molecular complexity index is 453. The number of hydrogen-bond acceptors (Lipinski definition) is 1. The van der Waals surface area contributed by atoms with Gasteiger partial charge in [0.05, 0.1) is 6.10 Å². The van der Waals surface area contributed by atoms with Crippen LogP contribution in [-0.2, 0) is 0 Å². The van der Waals surface area contributed by atoms with E-state index in [4.69, 9.17) is 5.11 Å². The quantitative estimate of drug-likeness (QED) is 0.545. The zero-order valence-electron chi connectivity index (χ0n) is 12.1. The van der Waals surface area contributed by atoms with Crippen LogP contribution in [0, 0.1) is 0 Å². The zero-order valence-corrected chi connectivity index (χ0v) is 12.1. The lowest BCUT2D eigenvalue weighted by molar-refractivity contribution is -0.440. The van der Waals surface area contributed by atoms with Crippen LogP contribution in [0.25, 0.3) is 0 Å². The maximum Gasteiger partial charge on any atom is 0.460 e. The van der Waals surface area contributed by atoms with Crippen molar-refractivity contribution in [2.45, 2.75) is 68.1 Å². The molecule has 1 unspecified atom stereocenters. The molecule has 0 aliphatic rings. The molecule has 0 amide bonds. The highest BCUT2D eigenvalue weighted by Gasteiger charge is 2.90. The molecular formula is C11H11F13O. The third-order valence-electron chi connectivity index (χ3n) is 3.11. The average molecular weight is 406 g/mol. The predicted molar refractivity (Wildman–Crippen MR) is 56.3 cm³/mol. The standard InChI is InChI=1S/C11H11F13O/c1-2-3-5(25)4-6(12,13)7(14,15)8(16,17)9(18,19)10(20,21)11(22,23)24/h5,25H,2-4H2,1H3. The molecule has 0 radical (unpaired) electrons. The van der Waals surface area contributed by atoms with Gasteiger partial charge >= 0.3 is 35.8 Å². The van der Waals surface area contributed by atoms with Gasteiger partial charge in [0.1, 0.15) is 0 Å². The van der Waals surface area contributed by atoms with E-state index in [0.29, 0.717) is 0 Å². The van der Waals surface area contributed by atoms with Crippen molar-refractivity contribution in [2.75, 3.05) is 0 Å². The van der Waals surface area contributed by atoms with E-state index in [-0.39, 0.29) is 6.42 Å². The fraction of sp³-hybridized carbons (Fsp3) is 1.00. The van der Waals surface area contributed by atoms with Crippen LogP contribution < -0.4 is 0 Å². The van der Waals surface area contributed by atoms with Gasteiger partial charge in [-0.05, 0) is 6.42 Å². The van der Waals surface area contributed by atoms with Crippen LogP contribution in [0.15, 0.2) is 0 Å². The van der Waals surface area contributed by atoms with Crippen molar-refractivity contribution in [2.24, 2.45) is 0 Å². The van der Waals surface area contributed by atoms with Crippen LogP contribution in [0.4, 0.5) is 57.1 Å². The van der Waals surface area contributed by atoms with Crippen LogP contribution in [0.1, 0.15) is 26.2 Å². The fourth-order valence-corrected chi connectivity index (χ4v) is 1.66. The van der Waals surface area contributed by atoms with Gasteiger partial charge in [0.2, 0.25) is 0 Å². The third-order valence-corrected chi connectivity index (χ3v) is 3.11. The number of aliphatic hydroxyl groups excluding tert-OH is 1. The van der Waals surface area contributed by atoms with Crippen molar-refractivity contribution >= 4 is 0 Å². The van der Waals surface area contributed by atoms with Crippen LogP contribution in [0.2, 0.25) is 0 Å². The van der Waals surface area contributed by atoms with Crippen molar-refractivity contribution < 1.29 is 62.2 Å². The topological polar surface area (TPSA) is 20.2 Å². The number of aliphatic hydroxyl groups is 1. The Morgan fingerprint density at radius 3 is 1.32 bits per heavy atom. The molecule has 152 valence electrons. The highest BCUT2D eigenvalue weighted by Crippen LogP contribution is 2.60. The maximum absolute atomic E-state index is 13.2. The SMILES string of the molecule is CCCC(O)CC(F)(F)C(F)(F)C(F)(F)C(F)(F)C(F)(F)C(F)(F)F. The second-order valence-corrected chi connectivity index (χ2v) is 5.15. The Hall–Kier alpha value is -0.950. The fourth-order valence-electron chi connectivity index (χ4n) is 1.66. The summed E-state index contributed by atoms with van der Waals surface area (Å²) in [7, 11) is 0. The Morgan fingerprint density at radius 1 is 0.640 bits per heavy atom. The largest absolute Gasteiger partial charge is 0.460 e. The summed E-state index contributed by atoms with van der Waals surface area (Å²) in [6, 6.07) is 0. The zero-order chi connectivity index (χ0) is 20.7. The lowest BCUT2D eigenvalue weighted by Crippen LogP contribution is -2.70. The lowest BCUT2D eigenvalue weighted by Gasteiger charge is -2.40. The highest BCUT2D eigenvalue weighted by atomic mass is 19.4. The number of halogens is 13. The minimum Gasteiger partial charge on any atom is -0.393 e. The molecule has 0 heterocycles. The van der Waals surface area contributed by atoms with Crippen LogP contribution in [0.3, 0.4) is 0 Å². The van der Waals surface area contributed by atoms with Crippen molar-refractivity contribution in [3.05, 3.63) is 0 Å². The van der Waals surface area contributed by atoms with Gasteiger partial charge < -0.3 is 5.11 Å². The highest BCUT2D eigenvalue weighted by molar-refractivity contribution is 5.10. The van der Waals surface area contributed by atoms with Crippen molar-refractivity contribution in [3.63, 3.8) is 0 Å². The molecule has 25 heavy (non-hydrogen) atoms. The molecule has 0 aromatic heterocycles. The van der Waals surface area contributed by atoms with E-state index in [1.165, 1.54) is 6.92 Å². The molecule has 14 heteroatoms. The first kappa shape index (κ1) is 24.1. The molecule has 0 fully saturated rings. The van der Waals surface area contributed by atoms with Crippen molar-refractivity contribution in [1.29, 1.82) is 0 Å². The molecule has 1 N–H and O–H groups in total. The Balaban J connectivity index is 6.03. The smallest absolute Gasteiger partial charge is 0.393 e. The number of hydrogen-bond donors (Lipinski definition) is 1. The Kier molecular flexibility index (Phi) is 6.40. The molecule has 0 saturated carbocycles. The molecule has 0 aromatic rings. The summed E-state index contributed by atoms with van der Waals surface area (Å²) in [5.74, 6) is -37.0. The van der Waals surface area contributed by atoms with E-state index in [0.717, 1.165) is 0 Å². The molecule has 0 rings (SSSR count). The first-order valence-electron chi connectivity index (χ1n) is 6.34. The second-order valence-electron chi connectivity index (χ2n) is 5.15. The Labute approximate surface area is 131 Å². The van der Waals surface area contributed by atoms with Crippen LogP contribution in [-0.4, -0.2) is 47.0 Å². The van der Waals surface area contributed by atoms with Crippen molar-refractivity contribution in [3.8, 4) is 0 Å². The molecule has 1 nitrogen and oxygen atoms in total. The predicted octanol–water partition coefficient (Wildman–Crippen LogP) is 5.28. The summed E-state index contributed by atoms with van der Waals surface area (Å²) in [6.07, 6.45) is -13.2.